The first-order valence-electron chi connectivity index (χ1n) is 4.23. The predicted octanol–water partition coefficient (Wildman–Crippen LogP) is -1.27. The van der Waals surface area contributed by atoms with Gasteiger partial charge in [-0.3, -0.25) is 9.78 Å². The van der Waals surface area contributed by atoms with Crippen molar-refractivity contribution in [3.63, 3.8) is 0 Å². The van der Waals surface area contributed by atoms with Crippen LogP contribution in [0.4, 0.5) is 5.82 Å². The van der Waals surface area contributed by atoms with E-state index >= 15 is 0 Å². The van der Waals surface area contributed by atoms with Gasteiger partial charge in [-0.2, -0.15) is 0 Å². The van der Waals surface area contributed by atoms with E-state index in [0.29, 0.717) is 0 Å². The van der Waals surface area contributed by atoms with Gasteiger partial charge in [0.25, 0.3) is 5.56 Å². The van der Waals surface area contributed by atoms with Crippen LogP contribution in [0.2, 0.25) is 0 Å². The summed E-state index contributed by atoms with van der Waals surface area (Å²) in [6.45, 7) is 1.64. The predicted molar refractivity (Wildman–Crippen MR) is 50.8 cm³/mol. The van der Waals surface area contributed by atoms with Crippen LogP contribution < -0.4 is 16.6 Å². The molecular weight excluding hydrogens is 204 g/mol. The van der Waals surface area contributed by atoms with Crippen LogP contribution in [-0.2, 0) is 4.79 Å². The Morgan fingerprint density at radius 1 is 1.60 bits per heavy atom. The van der Waals surface area contributed by atoms with Gasteiger partial charge in [-0.25, -0.2) is 14.7 Å². The standard InChI is InChI=1S/C7H10N4O4/c1-2-3(6(13)14)8-4-5(12)9-7(15)11-10-4/h3H,2H2,1H3,(H,8,10)(H,13,14)(H2,9,11,12,15)/t3-/m1/s1. The van der Waals surface area contributed by atoms with Gasteiger partial charge in [0.2, 0.25) is 5.82 Å². The molecule has 8 heteroatoms. The van der Waals surface area contributed by atoms with Gasteiger partial charge in [0.1, 0.15) is 6.04 Å². The van der Waals surface area contributed by atoms with Gasteiger partial charge >= 0.3 is 11.7 Å². The SMILES string of the molecule is CC[C@@H](Nc1n[nH]c(=O)[nH]c1=O)C(=O)O. The zero-order valence-corrected chi connectivity index (χ0v) is 7.90. The highest BCUT2D eigenvalue weighted by molar-refractivity contribution is 5.76. The van der Waals surface area contributed by atoms with Gasteiger partial charge in [0, 0.05) is 0 Å². The van der Waals surface area contributed by atoms with Crippen molar-refractivity contribution in [1.82, 2.24) is 15.2 Å². The smallest absolute Gasteiger partial charge is 0.342 e. The second-order valence-electron chi connectivity index (χ2n) is 2.80. The number of aliphatic carboxylic acids is 1. The number of aromatic nitrogens is 3. The molecule has 0 aliphatic heterocycles. The highest BCUT2D eigenvalue weighted by Gasteiger charge is 2.16. The Bertz CT molecular complexity index is 463. The second kappa shape index (κ2) is 4.40. The van der Waals surface area contributed by atoms with Gasteiger partial charge < -0.3 is 10.4 Å². The molecule has 0 bridgehead atoms. The Morgan fingerprint density at radius 2 is 2.27 bits per heavy atom. The number of H-pyrrole nitrogens is 2. The van der Waals surface area contributed by atoms with Crippen molar-refractivity contribution >= 4 is 11.8 Å². The zero-order chi connectivity index (χ0) is 11.4. The first-order chi connectivity index (χ1) is 7.04. The van der Waals surface area contributed by atoms with E-state index in [1.807, 2.05) is 10.1 Å². The summed E-state index contributed by atoms with van der Waals surface area (Å²) >= 11 is 0. The van der Waals surface area contributed by atoms with Crippen molar-refractivity contribution in [2.24, 2.45) is 0 Å². The molecule has 1 heterocycles. The van der Waals surface area contributed by atoms with Gasteiger partial charge in [-0.05, 0) is 6.42 Å². The molecule has 1 aromatic rings. The topological polar surface area (TPSA) is 128 Å². The van der Waals surface area contributed by atoms with Crippen molar-refractivity contribution < 1.29 is 9.90 Å². The quantitative estimate of drug-likeness (QED) is 0.495. The van der Waals surface area contributed by atoms with Gasteiger partial charge in [0.05, 0.1) is 0 Å². The number of carboxylic acid groups (broad SMARTS) is 1. The number of carbonyl (C=O) groups is 1. The van der Waals surface area contributed by atoms with Crippen LogP contribution in [0.15, 0.2) is 9.59 Å². The summed E-state index contributed by atoms with van der Waals surface area (Å²) in [6, 6.07) is -0.912. The van der Waals surface area contributed by atoms with Crippen molar-refractivity contribution in [3.05, 3.63) is 20.8 Å². The molecule has 0 fully saturated rings. The van der Waals surface area contributed by atoms with Gasteiger partial charge in [-0.15, -0.1) is 5.10 Å². The maximum absolute atomic E-state index is 11.1. The van der Waals surface area contributed by atoms with E-state index in [1.54, 1.807) is 6.92 Å². The lowest BCUT2D eigenvalue weighted by molar-refractivity contribution is -0.137. The summed E-state index contributed by atoms with van der Waals surface area (Å²) in [4.78, 5) is 34.3. The highest BCUT2D eigenvalue weighted by atomic mass is 16.4. The van der Waals surface area contributed by atoms with E-state index < -0.39 is 23.3 Å². The fourth-order valence-corrected chi connectivity index (χ4v) is 0.949. The van der Waals surface area contributed by atoms with Gasteiger partial charge in [0.15, 0.2) is 0 Å². The molecule has 0 radical (unpaired) electrons. The van der Waals surface area contributed by atoms with E-state index in [4.69, 9.17) is 5.11 Å². The molecule has 15 heavy (non-hydrogen) atoms. The minimum Gasteiger partial charge on any atom is -0.480 e. The summed E-state index contributed by atoms with van der Waals surface area (Å²) in [5, 5.41) is 16.5. The Morgan fingerprint density at radius 3 is 2.73 bits per heavy atom. The molecule has 1 atom stereocenters. The summed E-state index contributed by atoms with van der Waals surface area (Å²) in [5.41, 5.74) is -1.49. The van der Waals surface area contributed by atoms with E-state index in [0.717, 1.165) is 0 Å². The molecule has 0 saturated heterocycles. The Balaban J connectivity index is 2.94. The van der Waals surface area contributed by atoms with Crippen LogP contribution >= 0.6 is 0 Å². The lowest BCUT2D eigenvalue weighted by Gasteiger charge is -2.10. The number of aromatic amines is 2. The number of rotatable bonds is 4. The molecule has 0 amide bonds. The monoisotopic (exact) mass is 214 g/mol. The number of nitrogens with zero attached hydrogens (tertiary/aromatic N) is 1. The summed E-state index contributed by atoms with van der Waals surface area (Å²) < 4.78 is 0. The molecule has 0 aliphatic carbocycles. The number of hydrogen-bond donors (Lipinski definition) is 4. The third-order valence-corrected chi connectivity index (χ3v) is 1.73. The summed E-state index contributed by atoms with van der Waals surface area (Å²) in [7, 11) is 0. The van der Waals surface area contributed by atoms with E-state index in [2.05, 4.69) is 10.4 Å². The zero-order valence-electron chi connectivity index (χ0n) is 7.90. The van der Waals surface area contributed by atoms with Crippen molar-refractivity contribution in [3.8, 4) is 0 Å². The third kappa shape index (κ3) is 2.66. The first-order valence-corrected chi connectivity index (χ1v) is 4.23. The fourth-order valence-electron chi connectivity index (χ4n) is 0.949. The lowest BCUT2D eigenvalue weighted by atomic mass is 10.2. The van der Waals surface area contributed by atoms with Crippen LogP contribution in [0.5, 0.6) is 0 Å². The van der Waals surface area contributed by atoms with Crippen molar-refractivity contribution in [1.29, 1.82) is 0 Å². The average Bonchev–Trinajstić information content (AvgIpc) is 2.16. The molecule has 0 aliphatic rings. The van der Waals surface area contributed by atoms with E-state index in [-0.39, 0.29) is 12.2 Å². The molecule has 8 nitrogen and oxygen atoms in total. The molecular formula is C7H10N4O4. The summed E-state index contributed by atoms with van der Waals surface area (Å²) in [5.74, 6) is -1.31. The second-order valence-corrected chi connectivity index (χ2v) is 2.80. The molecule has 1 rings (SSSR count). The van der Waals surface area contributed by atoms with Gasteiger partial charge in [-0.1, -0.05) is 6.92 Å². The fraction of sp³-hybridized carbons (Fsp3) is 0.429. The van der Waals surface area contributed by atoms with E-state index in [1.165, 1.54) is 0 Å². The minimum absolute atomic E-state index is 0.219. The third-order valence-electron chi connectivity index (χ3n) is 1.73. The Kier molecular flexibility index (Phi) is 3.21. The normalized spacial score (nSPS) is 12.1. The number of hydrogen-bond acceptors (Lipinski definition) is 5. The van der Waals surface area contributed by atoms with Crippen LogP contribution in [-0.4, -0.2) is 32.3 Å². The van der Waals surface area contributed by atoms with Crippen LogP contribution in [0.1, 0.15) is 13.3 Å². The highest BCUT2D eigenvalue weighted by Crippen LogP contribution is 1.98. The molecule has 4 N–H and O–H groups in total. The maximum Gasteiger partial charge on any atom is 0.342 e. The van der Waals surface area contributed by atoms with Crippen LogP contribution in [0, 0.1) is 0 Å². The minimum atomic E-state index is -1.09. The molecule has 0 spiro atoms. The Labute approximate surface area is 83.3 Å². The number of anilines is 1. The van der Waals surface area contributed by atoms with Crippen LogP contribution in [0.3, 0.4) is 0 Å². The lowest BCUT2D eigenvalue weighted by Crippen LogP contribution is -2.34. The number of carboxylic acids is 1. The number of nitrogens with one attached hydrogen (secondary N) is 3. The molecule has 1 aromatic heterocycles. The average molecular weight is 214 g/mol. The largest absolute Gasteiger partial charge is 0.480 e. The van der Waals surface area contributed by atoms with Crippen molar-refractivity contribution in [2.75, 3.05) is 5.32 Å². The Hall–Kier alpha value is -2.12. The first kappa shape index (κ1) is 11.0. The van der Waals surface area contributed by atoms with E-state index in [9.17, 15) is 14.4 Å². The summed E-state index contributed by atoms with van der Waals surface area (Å²) in [6.07, 6.45) is 0.287. The molecule has 0 unspecified atom stereocenters. The molecule has 0 saturated carbocycles. The van der Waals surface area contributed by atoms with Crippen LogP contribution in [0.25, 0.3) is 0 Å². The maximum atomic E-state index is 11.1. The molecule has 0 aromatic carbocycles. The molecule has 82 valence electrons. The van der Waals surface area contributed by atoms with Crippen molar-refractivity contribution in [2.45, 2.75) is 19.4 Å².